The number of carbonyl (C=O) groups is 4. The van der Waals surface area contributed by atoms with Gasteiger partial charge < -0.3 is 34.5 Å². The first-order valence-electron chi connectivity index (χ1n) is 13.6. The molecule has 0 fully saturated rings. The largest absolute Gasteiger partial charge is 0.514 e. The van der Waals surface area contributed by atoms with Crippen LogP contribution in [0.1, 0.15) is 93.6 Å². The lowest BCUT2D eigenvalue weighted by atomic mass is 9.78. The van der Waals surface area contributed by atoms with Crippen LogP contribution in [0.3, 0.4) is 0 Å². The molecule has 0 aliphatic rings. The molecule has 3 N–H and O–H groups in total. The summed E-state index contributed by atoms with van der Waals surface area (Å²) in [6.07, 6.45) is -1.24. The Balaban J connectivity index is 3.37. The monoisotopic (exact) mass is 567 g/mol. The van der Waals surface area contributed by atoms with E-state index in [1.165, 1.54) is 18.2 Å². The lowest BCUT2D eigenvalue weighted by Gasteiger charge is -2.35. The van der Waals surface area contributed by atoms with E-state index in [-0.39, 0.29) is 24.3 Å². The highest BCUT2D eigenvalue weighted by Gasteiger charge is 2.44. The number of carboxylic acid groups (broad SMARTS) is 1. The molecule has 11 nitrogen and oxygen atoms in total. The van der Waals surface area contributed by atoms with Crippen LogP contribution in [0, 0.1) is 5.92 Å². The molecule has 1 aromatic carbocycles. The number of hydrogen-bond donors (Lipinski definition) is 2. The van der Waals surface area contributed by atoms with Crippen LogP contribution in [-0.4, -0.2) is 52.2 Å². The van der Waals surface area contributed by atoms with Crippen LogP contribution in [0.15, 0.2) is 18.2 Å². The molecule has 0 spiro atoms. The first kappa shape index (κ1) is 34.7. The Kier molecular flexibility index (Phi) is 12.4. The van der Waals surface area contributed by atoms with Crippen LogP contribution in [0.2, 0.25) is 0 Å². The van der Waals surface area contributed by atoms with Crippen LogP contribution in [-0.2, 0) is 30.2 Å². The molecule has 0 bridgehead atoms. The standard InChI is InChI=1S/C29H45NO10/c1-10-13-23(31)36-19(5)18(4)29(30,24(32)33)17-20-14-15-21(37-25(34)39-27(6,7)11-2)22(16-20)38-26(35)40-28(8,9)12-3/h14-16,18-19H,10-13,17,30H2,1-9H3,(H,32,33)/t18-,19+,29-/m1/s1. The van der Waals surface area contributed by atoms with E-state index in [2.05, 4.69) is 0 Å². The molecule has 0 saturated carbocycles. The summed E-state index contributed by atoms with van der Waals surface area (Å²) in [5.74, 6) is -2.88. The fourth-order valence-electron chi connectivity index (χ4n) is 3.40. The number of ether oxygens (including phenoxy) is 5. The first-order chi connectivity index (χ1) is 18.4. The van der Waals surface area contributed by atoms with Gasteiger partial charge in [-0.2, -0.15) is 0 Å². The SMILES string of the molecule is CCCC(=O)O[C@@H](C)[C@@H](C)[C@](N)(Cc1ccc(OC(=O)OC(C)(C)CC)c(OC(=O)OC(C)(C)CC)c1)C(=O)O. The van der Waals surface area contributed by atoms with Gasteiger partial charge in [-0.05, 0) is 71.6 Å². The van der Waals surface area contributed by atoms with E-state index in [1.54, 1.807) is 41.5 Å². The summed E-state index contributed by atoms with van der Waals surface area (Å²) in [5.41, 5.74) is 3.27. The van der Waals surface area contributed by atoms with Crippen molar-refractivity contribution in [1.29, 1.82) is 0 Å². The van der Waals surface area contributed by atoms with Gasteiger partial charge in [0.2, 0.25) is 0 Å². The number of aliphatic carboxylic acids is 1. The van der Waals surface area contributed by atoms with E-state index in [0.717, 1.165) is 0 Å². The van der Waals surface area contributed by atoms with Gasteiger partial charge in [-0.25, -0.2) is 9.59 Å². The Bertz CT molecular complexity index is 1050. The summed E-state index contributed by atoms with van der Waals surface area (Å²) >= 11 is 0. The van der Waals surface area contributed by atoms with Gasteiger partial charge in [-0.1, -0.05) is 33.8 Å². The van der Waals surface area contributed by atoms with Crippen LogP contribution in [0.25, 0.3) is 0 Å². The lowest BCUT2D eigenvalue weighted by molar-refractivity contribution is -0.157. The molecular formula is C29H45NO10. The summed E-state index contributed by atoms with van der Waals surface area (Å²) in [5, 5.41) is 10.1. The molecular weight excluding hydrogens is 522 g/mol. The molecule has 226 valence electrons. The second-order valence-electron chi connectivity index (χ2n) is 11.2. The molecule has 0 aromatic heterocycles. The molecule has 0 aliphatic carbocycles. The van der Waals surface area contributed by atoms with Crippen LogP contribution < -0.4 is 15.2 Å². The molecule has 0 amide bonds. The third-order valence-corrected chi connectivity index (χ3v) is 7.00. The zero-order valence-corrected chi connectivity index (χ0v) is 25.1. The zero-order valence-electron chi connectivity index (χ0n) is 25.1. The Hall–Kier alpha value is -3.34. The van der Waals surface area contributed by atoms with Crippen molar-refractivity contribution in [3.8, 4) is 11.5 Å². The predicted molar refractivity (Wildman–Crippen MR) is 147 cm³/mol. The maximum atomic E-state index is 12.6. The van der Waals surface area contributed by atoms with Crippen molar-refractivity contribution in [3.05, 3.63) is 23.8 Å². The third kappa shape index (κ3) is 10.3. The van der Waals surface area contributed by atoms with Gasteiger partial charge in [-0.15, -0.1) is 0 Å². The Morgan fingerprint density at radius 2 is 1.38 bits per heavy atom. The molecule has 3 atom stereocenters. The molecule has 0 saturated heterocycles. The highest BCUT2D eigenvalue weighted by molar-refractivity contribution is 5.80. The normalized spacial score (nSPS) is 14.8. The van der Waals surface area contributed by atoms with E-state index in [1.807, 2.05) is 20.8 Å². The van der Waals surface area contributed by atoms with E-state index in [4.69, 9.17) is 29.4 Å². The topological polar surface area (TPSA) is 161 Å². The second-order valence-corrected chi connectivity index (χ2v) is 11.2. The minimum atomic E-state index is -1.86. The van der Waals surface area contributed by atoms with Crippen molar-refractivity contribution >= 4 is 24.2 Å². The van der Waals surface area contributed by atoms with Gasteiger partial charge in [-0.3, -0.25) is 9.59 Å². The summed E-state index contributed by atoms with van der Waals surface area (Å²) in [6, 6.07) is 4.19. The smallest absolute Gasteiger partial charge is 0.480 e. The van der Waals surface area contributed by atoms with Gasteiger partial charge in [0.05, 0.1) is 0 Å². The molecule has 1 aromatic rings. The number of rotatable bonds is 14. The number of carboxylic acids is 1. The molecule has 1 rings (SSSR count). The average Bonchev–Trinajstić information content (AvgIpc) is 2.84. The van der Waals surface area contributed by atoms with Crippen LogP contribution >= 0.6 is 0 Å². The molecule has 11 heteroatoms. The highest BCUT2D eigenvalue weighted by atomic mass is 16.8. The van der Waals surface area contributed by atoms with Crippen LogP contribution in [0.5, 0.6) is 11.5 Å². The quantitative estimate of drug-likeness (QED) is 0.159. The van der Waals surface area contributed by atoms with Crippen molar-refractivity contribution in [1.82, 2.24) is 0 Å². The Morgan fingerprint density at radius 3 is 1.82 bits per heavy atom. The Morgan fingerprint density at radius 1 is 0.875 bits per heavy atom. The predicted octanol–water partition coefficient (Wildman–Crippen LogP) is 5.79. The first-order valence-corrected chi connectivity index (χ1v) is 13.6. The summed E-state index contributed by atoms with van der Waals surface area (Å²) < 4.78 is 26.8. The number of esters is 1. The lowest BCUT2D eigenvalue weighted by Crippen LogP contribution is -2.58. The zero-order chi connectivity index (χ0) is 30.9. The molecule has 40 heavy (non-hydrogen) atoms. The second kappa shape index (κ2) is 14.3. The number of benzene rings is 1. The van der Waals surface area contributed by atoms with Crippen molar-refractivity contribution < 1.29 is 48.0 Å². The van der Waals surface area contributed by atoms with Crippen molar-refractivity contribution in [2.24, 2.45) is 11.7 Å². The van der Waals surface area contributed by atoms with Gasteiger partial charge in [0.15, 0.2) is 11.5 Å². The number of hydrogen-bond acceptors (Lipinski definition) is 10. The van der Waals surface area contributed by atoms with Gasteiger partial charge in [0.25, 0.3) is 0 Å². The van der Waals surface area contributed by atoms with Crippen molar-refractivity contribution in [2.45, 2.75) is 117 Å². The maximum Gasteiger partial charge on any atom is 0.514 e. The van der Waals surface area contributed by atoms with Crippen molar-refractivity contribution in [2.75, 3.05) is 0 Å². The summed E-state index contributed by atoms with van der Waals surface area (Å²) in [4.78, 5) is 49.4. The number of carbonyl (C=O) groups excluding carboxylic acids is 3. The molecule has 0 unspecified atom stereocenters. The van der Waals surface area contributed by atoms with E-state index < -0.39 is 53.0 Å². The van der Waals surface area contributed by atoms with E-state index >= 15 is 0 Å². The van der Waals surface area contributed by atoms with Crippen LogP contribution in [0.4, 0.5) is 9.59 Å². The van der Waals surface area contributed by atoms with Gasteiger partial charge >= 0.3 is 24.2 Å². The highest BCUT2D eigenvalue weighted by Crippen LogP contribution is 2.33. The Labute approximate surface area is 236 Å². The summed E-state index contributed by atoms with van der Waals surface area (Å²) in [7, 11) is 0. The summed E-state index contributed by atoms with van der Waals surface area (Å²) in [6.45, 7) is 15.5. The minimum absolute atomic E-state index is 0.139. The third-order valence-electron chi connectivity index (χ3n) is 7.00. The van der Waals surface area contributed by atoms with Gasteiger partial charge in [0.1, 0.15) is 22.8 Å². The van der Waals surface area contributed by atoms with E-state index in [9.17, 15) is 24.3 Å². The fraction of sp³-hybridized carbons (Fsp3) is 0.655. The van der Waals surface area contributed by atoms with Crippen molar-refractivity contribution in [3.63, 3.8) is 0 Å². The maximum absolute atomic E-state index is 12.6. The average molecular weight is 568 g/mol. The molecule has 0 radical (unpaired) electrons. The molecule has 0 aliphatic heterocycles. The fourth-order valence-corrected chi connectivity index (χ4v) is 3.40. The van der Waals surface area contributed by atoms with E-state index in [0.29, 0.717) is 24.8 Å². The van der Waals surface area contributed by atoms with Gasteiger partial charge in [0, 0.05) is 18.8 Å². The molecule has 0 heterocycles. The minimum Gasteiger partial charge on any atom is -0.480 e. The number of nitrogens with two attached hydrogens (primary N) is 1.